The Bertz CT molecular complexity index is 1490. The van der Waals surface area contributed by atoms with Gasteiger partial charge >= 0.3 is 5.69 Å². The Hall–Kier alpha value is -4.91. The molecule has 0 aliphatic heterocycles. The largest absolute Gasteiger partial charge is 0.357 e. The molecule has 13 heteroatoms. The van der Waals surface area contributed by atoms with Crippen LogP contribution in [0.25, 0.3) is 0 Å². The number of benzene rings is 3. The van der Waals surface area contributed by atoms with Crippen molar-refractivity contribution in [3.63, 3.8) is 0 Å². The Morgan fingerprint density at radius 1 is 0.833 bits per heavy atom. The average Bonchev–Trinajstić information content (AvgIpc) is 2.88. The Balaban J connectivity index is 1.52. The lowest BCUT2D eigenvalue weighted by Gasteiger charge is -2.11. The van der Waals surface area contributed by atoms with Crippen molar-refractivity contribution in [1.29, 1.82) is 0 Å². The smallest absolute Gasteiger partial charge is 0.334 e. The summed E-state index contributed by atoms with van der Waals surface area (Å²) >= 11 is 0. The Morgan fingerprint density at radius 3 is 2.08 bits per heavy atom. The van der Waals surface area contributed by atoms with Crippen molar-refractivity contribution in [2.24, 2.45) is 9.63 Å². The first-order valence-electron chi connectivity index (χ1n) is 10.5. The summed E-state index contributed by atoms with van der Waals surface area (Å²) in [6.45, 7) is 1.81. The maximum atomic E-state index is 12.4. The fourth-order valence-electron chi connectivity index (χ4n) is 2.99. The maximum absolute atomic E-state index is 12.4. The number of hydrogen-bond donors (Lipinski definition) is 3. The monoisotopic (exact) mass is 504 g/mol. The molecule has 12 nitrogen and oxygen atoms in total. The van der Waals surface area contributed by atoms with Gasteiger partial charge in [-0.1, -0.05) is 40.4 Å². The highest BCUT2D eigenvalue weighted by molar-refractivity contribution is 7.90. The van der Waals surface area contributed by atoms with E-state index >= 15 is 0 Å². The van der Waals surface area contributed by atoms with Gasteiger partial charge in [0.05, 0.1) is 21.2 Å². The van der Waals surface area contributed by atoms with Crippen molar-refractivity contribution < 1.29 is 13.3 Å². The molecule has 0 aliphatic rings. The molecule has 0 bridgehead atoms. The summed E-state index contributed by atoms with van der Waals surface area (Å²) in [6.07, 6.45) is 1.03. The minimum Gasteiger partial charge on any atom is -0.334 e. The van der Waals surface area contributed by atoms with Crippen molar-refractivity contribution >= 4 is 44.4 Å². The van der Waals surface area contributed by atoms with Crippen molar-refractivity contribution in [2.75, 3.05) is 16.2 Å². The van der Waals surface area contributed by atoms with Gasteiger partial charge in [-0.3, -0.25) is 10.1 Å². The number of anilines is 4. The first-order chi connectivity index (χ1) is 17.3. The van der Waals surface area contributed by atoms with Gasteiger partial charge in [-0.25, -0.2) is 9.97 Å². The lowest BCUT2D eigenvalue weighted by molar-refractivity contribution is -0.383. The molecule has 182 valence electrons. The molecular weight excluding hydrogens is 484 g/mol. The highest BCUT2D eigenvalue weighted by Crippen LogP contribution is 2.34. The van der Waals surface area contributed by atoms with E-state index in [1.54, 1.807) is 36.4 Å². The zero-order valence-corrected chi connectivity index (χ0v) is 19.7. The molecule has 4 rings (SSSR count). The van der Waals surface area contributed by atoms with E-state index in [0.717, 1.165) is 23.3 Å². The lowest BCUT2D eigenvalue weighted by atomic mass is 10.2. The number of nitrogens with one attached hydrogen (secondary N) is 3. The van der Waals surface area contributed by atoms with Crippen molar-refractivity contribution in [3.05, 3.63) is 101 Å². The quantitative estimate of drug-likeness (QED) is 0.155. The first-order valence-corrected chi connectivity index (χ1v) is 11.9. The van der Waals surface area contributed by atoms with Gasteiger partial charge < -0.3 is 16.2 Å². The van der Waals surface area contributed by atoms with Crippen molar-refractivity contribution in [3.8, 4) is 0 Å². The number of rotatable bonds is 9. The third-order valence-corrected chi connectivity index (χ3v) is 5.98. The Morgan fingerprint density at radius 2 is 1.44 bits per heavy atom. The number of nitrogens with zero attached hydrogens (tertiary/aromatic N) is 5. The van der Waals surface area contributed by atoms with Crippen LogP contribution < -0.4 is 16.2 Å². The van der Waals surface area contributed by atoms with Gasteiger partial charge in [-0.05, 0) is 55.5 Å². The summed E-state index contributed by atoms with van der Waals surface area (Å²) in [4.78, 5) is 18.6. The van der Waals surface area contributed by atoms with Crippen molar-refractivity contribution in [1.82, 2.24) is 9.97 Å². The van der Waals surface area contributed by atoms with Crippen LogP contribution in [-0.2, 0) is 10.0 Å². The topological polar surface area (TPSA) is 164 Å². The molecule has 3 N–H and O–H groups in total. The molecule has 1 heterocycles. The summed E-state index contributed by atoms with van der Waals surface area (Å²) < 4.78 is 28.2. The highest BCUT2D eigenvalue weighted by atomic mass is 32.2. The zero-order valence-electron chi connectivity index (χ0n) is 18.9. The molecule has 0 unspecified atom stereocenters. The number of nitro groups is 1. The van der Waals surface area contributed by atoms with Gasteiger partial charge in [0, 0.05) is 5.69 Å². The predicted molar refractivity (Wildman–Crippen MR) is 135 cm³/mol. The van der Waals surface area contributed by atoms with E-state index in [1.807, 2.05) is 37.3 Å². The SMILES string of the molecule is Cc1ccc(S(=O)(=O)N=Nc2ncnc(Nc3ccc(NNc4ccccc4)cc3)c2[N+](=O)[O-])cc1. The van der Waals surface area contributed by atoms with Gasteiger partial charge in [-0.2, -0.15) is 8.42 Å². The van der Waals surface area contributed by atoms with Crippen LogP contribution in [0.2, 0.25) is 0 Å². The molecule has 0 spiro atoms. The highest BCUT2D eigenvalue weighted by Gasteiger charge is 2.24. The third kappa shape index (κ3) is 5.95. The minimum absolute atomic E-state index is 0.0950. The molecule has 0 saturated heterocycles. The number of aromatic nitrogens is 2. The number of hydrogen-bond acceptors (Lipinski definition) is 10. The normalized spacial score (nSPS) is 11.2. The first kappa shape index (κ1) is 24.2. The average molecular weight is 505 g/mol. The van der Waals surface area contributed by atoms with Crippen LogP contribution in [0.3, 0.4) is 0 Å². The van der Waals surface area contributed by atoms with Crippen LogP contribution >= 0.6 is 0 Å². The maximum Gasteiger partial charge on any atom is 0.357 e. The van der Waals surface area contributed by atoms with E-state index in [1.165, 1.54) is 12.1 Å². The van der Waals surface area contributed by atoms with Crippen LogP contribution in [0.5, 0.6) is 0 Å². The van der Waals surface area contributed by atoms with Gasteiger partial charge in [0.15, 0.2) is 0 Å². The van der Waals surface area contributed by atoms with Gasteiger partial charge in [0.1, 0.15) is 6.33 Å². The lowest BCUT2D eigenvalue weighted by Crippen LogP contribution is -2.08. The third-order valence-electron chi connectivity index (χ3n) is 4.82. The molecule has 3 aromatic carbocycles. The van der Waals surface area contributed by atoms with E-state index in [-0.39, 0.29) is 10.7 Å². The molecule has 0 fully saturated rings. The number of sulfonamides is 1. The molecular formula is C23H20N8O4S. The molecule has 0 aliphatic carbocycles. The zero-order chi connectivity index (χ0) is 25.5. The van der Waals surface area contributed by atoms with Crippen LogP contribution in [0.1, 0.15) is 5.56 Å². The Labute approximate surface area is 206 Å². The van der Waals surface area contributed by atoms with E-state index < -0.39 is 26.5 Å². The molecule has 0 amide bonds. The number of hydrazine groups is 1. The summed E-state index contributed by atoms with van der Waals surface area (Å²) in [5.41, 5.74) is 8.46. The van der Waals surface area contributed by atoms with E-state index in [4.69, 9.17) is 0 Å². The van der Waals surface area contributed by atoms with E-state index in [2.05, 4.69) is 35.8 Å². The molecule has 1 aromatic heterocycles. The second-order valence-electron chi connectivity index (χ2n) is 7.44. The van der Waals surface area contributed by atoms with Crippen LogP contribution in [0, 0.1) is 17.0 Å². The summed E-state index contributed by atoms with van der Waals surface area (Å²) in [6, 6.07) is 22.3. The van der Waals surface area contributed by atoms with E-state index in [0.29, 0.717) is 5.69 Å². The molecule has 0 saturated carbocycles. The summed E-state index contributed by atoms with van der Waals surface area (Å²) in [7, 11) is -4.18. The second kappa shape index (κ2) is 10.6. The van der Waals surface area contributed by atoms with Crippen LogP contribution in [0.15, 0.2) is 99.7 Å². The number of aryl methyl sites for hydroxylation is 1. The van der Waals surface area contributed by atoms with Crippen molar-refractivity contribution in [2.45, 2.75) is 11.8 Å². The summed E-state index contributed by atoms with van der Waals surface area (Å²) in [5, 5.41) is 18.1. The second-order valence-corrected chi connectivity index (χ2v) is 9.02. The van der Waals surface area contributed by atoms with Crippen LogP contribution in [-0.4, -0.2) is 23.3 Å². The standard InChI is InChI=1S/C23H20N8O4S/c1-16-7-13-20(14-8-16)36(34,35)30-29-23-21(31(32)33)22(24-15-25-23)26-17-9-11-19(12-10-17)28-27-18-5-3-2-4-6-18/h2-15,27-28H,1H3,(H,24,25,26). The minimum atomic E-state index is -4.18. The Kier molecular flexibility index (Phi) is 7.11. The van der Waals surface area contributed by atoms with E-state index in [9.17, 15) is 18.5 Å². The number of para-hydroxylation sites is 1. The molecule has 4 aromatic rings. The predicted octanol–water partition coefficient (Wildman–Crippen LogP) is 5.35. The van der Waals surface area contributed by atoms with Crippen LogP contribution in [0.4, 0.5) is 34.4 Å². The fourth-order valence-corrected chi connectivity index (χ4v) is 3.75. The van der Waals surface area contributed by atoms with Gasteiger partial charge in [0.25, 0.3) is 15.8 Å². The molecule has 0 radical (unpaired) electrons. The van der Waals surface area contributed by atoms with Gasteiger partial charge in [0.2, 0.25) is 5.82 Å². The van der Waals surface area contributed by atoms with Gasteiger partial charge in [-0.15, -0.1) is 5.11 Å². The molecule has 36 heavy (non-hydrogen) atoms. The molecule has 0 atom stereocenters. The summed E-state index contributed by atoms with van der Waals surface area (Å²) in [5.74, 6) is -0.668. The fraction of sp³-hybridized carbons (Fsp3) is 0.0435.